The Morgan fingerprint density at radius 1 is 1.36 bits per heavy atom. The fourth-order valence-electron chi connectivity index (χ4n) is 0. The predicted molar refractivity (Wildman–Crippen MR) is 27.7 cm³/mol. The molecule has 0 unspecified atom stereocenters. The van der Waals surface area contributed by atoms with Crippen LogP contribution in [0.2, 0.25) is 0 Å². The molecule has 0 saturated carbocycles. The van der Waals surface area contributed by atoms with Gasteiger partial charge in [-0.2, -0.15) is 0 Å². The third-order valence-corrected chi connectivity index (χ3v) is 0.300. The van der Waals surface area contributed by atoms with Gasteiger partial charge in [-0.25, -0.2) is 14.7 Å². The third kappa shape index (κ3) is 60.5. The van der Waals surface area contributed by atoms with E-state index in [-0.39, 0.29) is 37.7 Å². The Kier molecular flexibility index (Phi) is 13.9. The van der Waals surface area contributed by atoms with Gasteiger partial charge >= 0.3 is 43.9 Å². The summed E-state index contributed by atoms with van der Waals surface area (Å²) >= 11 is 0. The van der Waals surface area contributed by atoms with E-state index < -0.39 is 14.0 Å². The minimum Gasteiger partial charge on any atom is -0.788 e. The van der Waals surface area contributed by atoms with Crippen LogP contribution in [0.4, 0.5) is 4.79 Å². The molecule has 0 fully saturated rings. The fourth-order valence-corrected chi connectivity index (χ4v) is 0. The number of rotatable bonds is 1. The summed E-state index contributed by atoms with van der Waals surface area (Å²) in [6.45, 7) is 0. The van der Waals surface area contributed by atoms with Crippen LogP contribution in [0.5, 0.6) is 0 Å². The molecule has 0 aliphatic rings. The van der Waals surface area contributed by atoms with Crippen LogP contribution >= 0.6 is 7.82 Å². The van der Waals surface area contributed by atoms with Crippen LogP contribution in [0, 0.1) is 0 Å². The Balaban J connectivity index is -0.000000114. The van der Waals surface area contributed by atoms with E-state index in [0.29, 0.717) is 0 Å². The molecule has 11 heavy (non-hydrogen) atoms. The van der Waals surface area contributed by atoms with Crippen molar-refractivity contribution in [1.82, 2.24) is 0 Å². The minimum atomic E-state index is -5.09. The molecule has 62 valence electrons. The van der Waals surface area contributed by atoms with Crippen LogP contribution < -0.4 is 9.79 Å². The van der Waals surface area contributed by atoms with Crippen molar-refractivity contribution in [3.63, 3.8) is 0 Å². The SMILES string of the molecule is O=C(O)O.O=P([O-])([O-])OO.[Ca+2]. The summed E-state index contributed by atoms with van der Waals surface area (Å²) in [7, 11) is -5.09. The van der Waals surface area contributed by atoms with Crippen molar-refractivity contribution in [2.24, 2.45) is 0 Å². The van der Waals surface area contributed by atoms with Crippen molar-refractivity contribution in [1.29, 1.82) is 0 Å². The topological polar surface area (TPSA) is 150 Å². The molecule has 0 radical (unpaired) electrons. The first-order chi connectivity index (χ1) is 4.29. The van der Waals surface area contributed by atoms with Gasteiger partial charge in [0.05, 0.1) is 7.82 Å². The maximum absolute atomic E-state index is 9.00. The number of carboxylic acid groups (broad SMARTS) is 2. The van der Waals surface area contributed by atoms with Crippen molar-refractivity contribution in [3.05, 3.63) is 0 Å². The molecule has 10 heteroatoms. The summed E-state index contributed by atoms with van der Waals surface area (Å²) in [6, 6.07) is 0. The maximum atomic E-state index is 9.00. The van der Waals surface area contributed by atoms with Gasteiger partial charge in [-0.05, 0) is 0 Å². The van der Waals surface area contributed by atoms with Gasteiger partial charge in [-0.15, -0.1) is 0 Å². The normalized spacial score (nSPS) is 8.64. The minimum absolute atomic E-state index is 0. The summed E-state index contributed by atoms with van der Waals surface area (Å²) in [5, 5.41) is 21.0. The summed E-state index contributed by atoms with van der Waals surface area (Å²) in [5.74, 6) is 0. The molecular formula is CH3CaO8P. The van der Waals surface area contributed by atoms with Crippen LogP contribution in [-0.4, -0.2) is 59.4 Å². The smallest absolute Gasteiger partial charge is 0.788 e. The van der Waals surface area contributed by atoms with Gasteiger partial charge in [-0.1, -0.05) is 0 Å². The average Bonchev–Trinajstić information content (AvgIpc) is 1.63. The van der Waals surface area contributed by atoms with Crippen molar-refractivity contribution >= 4 is 51.7 Å². The van der Waals surface area contributed by atoms with Gasteiger partial charge in [0.2, 0.25) is 0 Å². The van der Waals surface area contributed by atoms with Gasteiger partial charge < -0.3 is 24.6 Å². The van der Waals surface area contributed by atoms with Gasteiger partial charge in [-0.3, -0.25) is 0 Å². The average molecular weight is 214 g/mol. The van der Waals surface area contributed by atoms with Crippen molar-refractivity contribution in [2.45, 2.75) is 0 Å². The Morgan fingerprint density at radius 2 is 1.45 bits per heavy atom. The van der Waals surface area contributed by atoms with Crippen LogP contribution in [-0.2, 0) is 9.24 Å². The molecule has 0 atom stereocenters. The zero-order valence-electron chi connectivity index (χ0n) is 5.04. The van der Waals surface area contributed by atoms with E-state index >= 15 is 0 Å². The van der Waals surface area contributed by atoms with Crippen LogP contribution in [0.15, 0.2) is 0 Å². The van der Waals surface area contributed by atoms with E-state index in [4.69, 9.17) is 34.6 Å². The molecule has 0 rings (SSSR count). The van der Waals surface area contributed by atoms with Gasteiger partial charge in [0.1, 0.15) is 0 Å². The van der Waals surface area contributed by atoms with E-state index in [1.165, 1.54) is 0 Å². The summed E-state index contributed by atoms with van der Waals surface area (Å²) in [5.41, 5.74) is 0. The molecule has 8 nitrogen and oxygen atoms in total. The molecule has 0 saturated heterocycles. The zero-order valence-corrected chi connectivity index (χ0v) is 8.14. The predicted octanol–water partition coefficient (Wildman–Crippen LogP) is -1.85. The zero-order chi connectivity index (χ0) is 8.78. The Bertz CT molecular complexity index is 133. The molecule has 0 aromatic rings. The van der Waals surface area contributed by atoms with Crippen molar-refractivity contribution < 1.29 is 39.3 Å². The molecule has 0 aromatic heterocycles. The molecule has 0 spiro atoms. The Hall–Kier alpha value is 0.600. The molecule has 0 heterocycles. The Labute approximate surface area is 90.6 Å². The fraction of sp³-hybridized carbons (Fsp3) is 0. The van der Waals surface area contributed by atoms with Gasteiger partial charge in [0.15, 0.2) is 0 Å². The van der Waals surface area contributed by atoms with E-state index in [1.54, 1.807) is 0 Å². The van der Waals surface area contributed by atoms with Crippen LogP contribution in [0.3, 0.4) is 0 Å². The number of carbonyl (C=O) groups is 1. The van der Waals surface area contributed by atoms with Crippen LogP contribution in [0.1, 0.15) is 0 Å². The number of phosphoric acid groups is 1. The number of hydrogen-bond donors (Lipinski definition) is 3. The summed E-state index contributed by atoms with van der Waals surface area (Å²) < 4.78 is 11.4. The molecule has 0 bridgehead atoms. The summed E-state index contributed by atoms with van der Waals surface area (Å²) in [4.78, 5) is 26.6. The third-order valence-electron chi connectivity index (χ3n) is 0.100. The van der Waals surface area contributed by atoms with E-state index in [9.17, 15) is 0 Å². The molecule has 3 N–H and O–H groups in total. The molecule has 0 aliphatic heterocycles. The Morgan fingerprint density at radius 3 is 1.45 bits per heavy atom. The van der Waals surface area contributed by atoms with Crippen molar-refractivity contribution in [2.75, 3.05) is 0 Å². The molecule has 0 amide bonds. The van der Waals surface area contributed by atoms with E-state index in [2.05, 4.69) is 4.67 Å². The second kappa shape index (κ2) is 8.69. The van der Waals surface area contributed by atoms with Gasteiger partial charge in [0.25, 0.3) is 0 Å². The maximum Gasteiger partial charge on any atom is 2.00 e. The van der Waals surface area contributed by atoms with E-state index in [0.717, 1.165) is 0 Å². The van der Waals surface area contributed by atoms with Gasteiger partial charge in [0, 0.05) is 0 Å². The van der Waals surface area contributed by atoms with E-state index in [1.807, 2.05) is 0 Å². The first kappa shape index (κ1) is 17.6. The monoisotopic (exact) mass is 214 g/mol. The second-order valence-electron chi connectivity index (χ2n) is 0.811. The molecule has 0 aliphatic carbocycles. The quantitative estimate of drug-likeness (QED) is 0.199. The number of hydrogen-bond acceptors (Lipinski definition) is 6. The first-order valence-corrected chi connectivity index (χ1v) is 3.02. The van der Waals surface area contributed by atoms with Crippen molar-refractivity contribution in [3.8, 4) is 0 Å². The summed E-state index contributed by atoms with van der Waals surface area (Å²) in [6.07, 6.45) is -1.83. The molecule has 0 aromatic carbocycles. The largest absolute Gasteiger partial charge is 2.00 e. The standard InChI is InChI=1S/CH2O3.Ca.H3O5P/c2-1(3)4;;1-5-6(2,3)4/h(H2,2,3,4);;1H,(H2,2,3,4)/q;+2;/p-2. The van der Waals surface area contributed by atoms with Crippen LogP contribution in [0.25, 0.3) is 0 Å². The first-order valence-electron chi connectivity index (χ1n) is 1.56. The second-order valence-corrected chi connectivity index (χ2v) is 1.87. The molecular weight excluding hydrogens is 211 g/mol.